The summed E-state index contributed by atoms with van der Waals surface area (Å²) in [5.74, 6) is 0.330. The van der Waals surface area contributed by atoms with Gasteiger partial charge in [0.1, 0.15) is 23.7 Å². The van der Waals surface area contributed by atoms with Gasteiger partial charge in [-0.1, -0.05) is 0 Å². The minimum Gasteiger partial charge on any atom is -0.493 e. The van der Waals surface area contributed by atoms with E-state index in [2.05, 4.69) is 14.7 Å². The van der Waals surface area contributed by atoms with Crippen LogP contribution in [0.5, 0.6) is 11.6 Å². The molecule has 7 nitrogen and oxygen atoms in total. The van der Waals surface area contributed by atoms with Gasteiger partial charge < -0.3 is 19.3 Å². The van der Waals surface area contributed by atoms with Crippen LogP contribution in [0, 0.1) is 5.82 Å². The number of hydrogen-bond donors (Lipinski definition) is 0. The standard InChI is InChI=1S/C19H20F4N4O3/c20-14-1-3-15(4-2-14)29-10-5-18(28)27-8-6-26(7-9-27)16-11-17(25-13-24-16)30-12-19(21,22)23/h1-4,11,13H,5-10,12H2. The lowest BCUT2D eigenvalue weighted by atomic mass is 10.2. The Morgan fingerprint density at radius 3 is 2.40 bits per heavy atom. The Kier molecular flexibility index (Phi) is 6.91. The summed E-state index contributed by atoms with van der Waals surface area (Å²) < 4.78 is 59.8. The van der Waals surface area contributed by atoms with Gasteiger partial charge in [-0.15, -0.1) is 0 Å². The van der Waals surface area contributed by atoms with Gasteiger partial charge in [-0.25, -0.2) is 14.4 Å². The second-order valence-electron chi connectivity index (χ2n) is 6.54. The predicted octanol–water partition coefficient (Wildman–Crippen LogP) is 2.67. The molecule has 11 heteroatoms. The maximum atomic E-state index is 12.9. The average Bonchev–Trinajstić information content (AvgIpc) is 2.73. The molecule has 0 aliphatic carbocycles. The molecule has 2 aromatic rings. The van der Waals surface area contributed by atoms with Crippen LogP contribution in [0.2, 0.25) is 0 Å². The second kappa shape index (κ2) is 9.59. The first-order valence-corrected chi connectivity index (χ1v) is 9.23. The number of alkyl halides is 3. The van der Waals surface area contributed by atoms with Crippen LogP contribution in [0.3, 0.4) is 0 Å². The third-order valence-electron chi connectivity index (χ3n) is 4.37. The molecule has 1 aromatic heterocycles. The largest absolute Gasteiger partial charge is 0.493 e. The first-order valence-electron chi connectivity index (χ1n) is 9.23. The number of benzene rings is 1. The Bertz CT molecular complexity index is 840. The van der Waals surface area contributed by atoms with E-state index in [0.717, 1.165) is 6.33 Å². The molecule has 162 valence electrons. The molecular weight excluding hydrogens is 408 g/mol. The van der Waals surface area contributed by atoms with E-state index in [1.165, 1.54) is 30.3 Å². The Balaban J connectivity index is 1.44. The number of halogens is 4. The molecule has 30 heavy (non-hydrogen) atoms. The third kappa shape index (κ3) is 6.46. The lowest BCUT2D eigenvalue weighted by Gasteiger charge is -2.35. The first kappa shape index (κ1) is 21.6. The second-order valence-corrected chi connectivity index (χ2v) is 6.54. The summed E-state index contributed by atoms with van der Waals surface area (Å²) in [4.78, 5) is 23.6. The highest BCUT2D eigenvalue weighted by Gasteiger charge is 2.29. The zero-order valence-corrected chi connectivity index (χ0v) is 15.9. The molecule has 0 unspecified atom stereocenters. The number of carbonyl (C=O) groups is 1. The number of aromatic nitrogens is 2. The predicted molar refractivity (Wildman–Crippen MR) is 98.9 cm³/mol. The smallest absolute Gasteiger partial charge is 0.422 e. The molecular formula is C19H20F4N4O3. The molecule has 1 saturated heterocycles. The fourth-order valence-corrected chi connectivity index (χ4v) is 2.87. The summed E-state index contributed by atoms with van der Waals surface area (Å²) in [5.41, 5.74) is 0. The van der Waals surface area contributed by atoms with Crippen LogP contribution in [0.25, 0.3) is 0 Å². The summed E-state index contributed by atoms with van der Waals surface area (Å²) in [6.45, 7) is 0.582. The summed E-state index contributed by atoms with van der Waals surface area (Å²) in [6.07, 6.45) is -3.12. The van der Waals surface area contributed by atoms with E-state index in [1.54, 1.807) is 4.90 Å². The van der Waals surface area contributed by atoms with E-state index in [-0.39, 0.29) is 30.6 Å². The first-order chi connectivity index (χ1) is 14.3. The minimum atomic E-state index is -4.45. The molecule has 0 radical (unpaired) electrons. The van der Waals surface area contributed by atoms with Crippen LogP contribution < -0.4 is 14.4 Å². The zero-order chi connectivity index (χ0) is 21.6. The van der Waals surface area contributed by atoms with Gasteiger partial charge in [-0.3, -0.25) is 4.79 Å². The van der Waals surface area contributed by atoms with Crippen molar-refractivity contribution in [3.63, 3.8) is 0 Å². The van der Waals surface area contributed by atoms with Gasteiger partial charge in [-0.05, 0) is 24.3 Å². The van der Waals surface area contributed by atoms with E-state index < -0.39 is 12.8 Å². The van der Waals surface area contributed by atoms with Crippen molar-refractivity contribution in [1.29, 1.82) is 0 Å². The van der Waals surface area contributed by atoms with Crippen molar-refractivity contribution >= 4 is 11.7 Å². The fourth-order valence-electron chi connectivity index (χ4n) is 2.87. The molecule has 1 aliphatic rings. The Morgan fingerprint density at radius 2 is 1.73 bits per heavy atom. The van der Waals surface area contributed by atoms with Crippen LogP contribution in [-0.4, -0.2) is 66.3 Å². The van der Waals surface area contributed by atoms with Gasteiger partial charge in [0.25, 0.3) is 0 Å². The molecule has 1 aromatic carbocycles. The zero-order valence-electron chi connectivity index (χ0n) is 15.9. The Labute approximate surface area is 170 Å². The van der Waals surface area contributed by atoms with Gasteiger partial charge in [0.05, 0.1) is 13.0 Å². The molecule has 0 saturated carbocycles. The van der Waals surface area contributed by atoms with Gasteiger partial charge in [0.15, 0.2) is 6.61 Å². The number of carbonyl (C=O) groups excluding carboxylic acids is 1. The summed E-state index contributed by atoms with van der Waals surface area (Å²) >= 11 is 0. The van der Waals surface area contributed by atoms with Gasteiger partial charge in [-0.2, -0.15) is 13.2 Å². The SMILES string of the molecule is O=C(CCOc1ccc(F)cc1)N1CCN(c2cc(OCC(F)(F)F)ncn2)CC1. The highest BCUT2D eigenvalue weighted by Crippen LogP contribution is 2.21. The summed E-state index contributed by atoms with van der Waals surface area (Å²) in [5, 5.41) is 0. The van der Waals surface area contributed by atoms with Crippen molar-refractivity contribution in [3.05, 3.63) is 42.5 Å². The van der Waals surface area contributed by atoms with Crippen LogP contribution in [0.4, 0.5) is 23.4 Å². The van der Waals surface area contributed by atoms with Crippen molar-refractivity contribution in [3.8, 4) is 11.6 Å². The number of anilines is 1. The number of rotatable bonds is 7. The molecule has 0 bridgehead atoms. The van der Waals surface area contributed by atoms with E-state index in [1.807, 2.05) is 4.90 Å². The molecule has 1 fully saturated rings. The molecule has 0 spiro atoms. The normalized spacial score (nSPS) is 14.5. The van der Waals surface area contributed by atoms with Crippen molar-refractivity contribution in [1.82, 2.24) is 14.9 Å². The number of hydrogen-bond acceptors (Lipinski definition) is 6. The molecule has 3 rings (SSSR count). The van der Waals surface area contributed by atoms with Crippen molar-refractivity contribution < 1.29 is 31.8 Å². The molecule has 1 amide bonds. The Hall–Kier alpha value is -3.11. The van der Waals surface area contributed by atoms with Crippen LogP contribution in [0.1, 0.15) is 6.42 Å². The van der Waals surface area contributed by atoms with Crippen molar-refractivity contribution in [2.24, 2.45) is 0 Å². The summed E-state index contributed by atoms with van der Waals surface area (Å²) in [6, 6.07) is 6.89. The van der Waals surface area contributed by atoms with E-state index in [9.17, 15) is 22.4 Å². The molecule has 0 N–H and O–H groups in total. The molecule has 1 aliphatic heterocycles. The van der Waals surface area contributed by atoms with Gasteiger partial charge in [0, 0.05) is 32.2 Å². The van der Waals surface area contributed by atoms with Gasteiger partial charge >= 0.3 is 6.18 Å². The number of ether oxygens (including phenoxy) is 2. The Morgan fingerprint density at radius 1 is 1.03 bits per heavy atom. The quantitative estimate of drug-likeness (QED) is 0.632. The third-order valence-corrected chi connectivity index (χ3v) is 4.37. The maximum Gasteiger partial charge on any atom is 0.422 e. The highest BCUT2D eigenvalue weighted by molar-refractivity contribution is 5.76. The lowest BCUT2D eigenvalue weighted by molar-refractivity contribution is -0.154. The van der Waals surface area contributed by atoms with E-state index in [0.29, 0.717) is 37.7 Å². The molecule has 2 heterocycles. The van der Waals surface area contributed by atoms with Gasteiger partial charge in [0.2, 0.25) is 11.8 Å². The number of amides is 1. The average molecular weight is 428 g/mol. The number of piperazine rings is 1. The minimum absolute atomic E-state index is 0.0753. The van der Waals surface area contributed by atoms with Crippen molar-refractivity contribution in [2.75, 3.05) is 44.3 Å². The highest BCUT2D eigenvalue weighted by atomic mass is 19.4. The van der Waals surface area contributed by atoms with Crippen LogP contribution >= 0.6 is 0 Å². The number of nitrogens with zero attached hydrogens (tertiary/aromatic N) is 4. The lowest BCUT2D eigenvalue weighted by Crippen LogP contribution is -2.49. The van der Waals surface area contributed by atoms with E-state index >= 15 is 0 Å². The van der Waals surface area contributed by atoms with E-state index in [4.69, 9.17) is 4.74 Å². The fraction of sp³-hybridized carbons (Fsp3) is 0.421. The molecule has 0 atom stereocenters. The topological polar surface area (TPSA) is 67.8 Å². The summed E-state index contributed by atoms with van der Waals surface area (Å²) in [7, 11) is 0. The van der Waals surface area contributed by atoms with Crippen LogP contribution in [-0.2, 0) is 4.79 Å². The van der Waals surface area contributed by atoms with Crippen molar-refractivity contribution in [2.45, 2.75) is 12.6 Å². The maximum absolute atomic E-state index is 12.9. The monoisotopic (exact) mass is 428 g/mol. The van der Waals surface area contributed by atoms with Crippen LogP contribution in [0.15, 0.2) is 36.7 Å².